The lowest BCUT2D eigenvalue weighted by Crippen LogP contribution is -2.36. The minimum absolute atomic E-state index is 0.000320. The number of halogens is 4. The number of carbonyl (C=O) groups is 1. The van der Waals surface area contributed by atoms with Crippen molar-refractivity contribution in [3.63, 3.8) is 0 Å². The number of anilines is 1. The Balaban J connectivity index is 0.000000305. The highest BCUT2D eigenvalue weighted by molar-refractivity contribution is 7.90. The Morgan fingerprint density at radius 2 is 1.76 bits per heavy atom. The topological polar surface area (TPSA) is 103 Å². The molecule has 1 aromatic heterocycles. The fourth-order valence-electron chi connectivity index (χ4n) is 4.32. The molecule has 1 atom stereocenters. The third kappa shape index (κ3) is 10.6. The van der Waals surface area contributed by atoms with Gasteiger partial charge < -0.3 is 4.79 Å². The lowest BCUT2D eigenvalue weighted by molar-refractivity contribution is -0.140. The molecule has 1 unspecified atom stereocenters. The van der Waals surface area contributed by atoms with Gasteiger partial charge in [0, 0.05) is 41.8 Å². The van der Waals surface area contributed by atoms with Crippen molar-refractivity contribution >= 4 is 39.2 Å². The number of nitriles is 1. The van der Waals surface area contributed by atoms with Crippen molar-refractivity contribution in [3.8, 4) is 6.07 Å². The summed E-state index contributed by atoms with van der Waals surface area (Å²) < 4.78 is 72.1. The van der Waals surface area contributed by atoms with E-state index < -0.39 is 27.4 Å². The van der Waals surface area contributed by atoms with E-state index in [1.807, 2.05) is 49.9 Å². The monoisotopic (exact) mass is 644 g/mol. The van der Waals surface area contributed by atoms with Gasteiger partial charge in [-0.05, 0) is 73.4 Å². The Bertz CT molecular complexity index is 1650. The summed E-state index contributed by atoms with van der Waals surface area (Å²) in [6.07, 6.45) is 0.433. The predicted octanol–water partition coefficient (Wildman–Crippen LogP) is 7.94. The molecule has 1 aliphatic heterocycles. The molecule has 7 nitrogen and oxygen atoms in total. The van der Waals surface area contributed by atoms with Gasteiger partial charge >= 0.3 is 6.18 Å². The maximum absolute atomic E-state index is 13.0. The van der Waals surface area contributed by atoms with Gasteiger partial charge in [0.2, 0.25) is 0 Å². The van der Waals surface area contributed by atoms with Crippen molar-refractivity contribution in [2.24, 2.45) is 10.9 Å². The molecule has 0 bridgehead atoms. The standard InChI is InChI=1S/C19H16N4O.C12H14F4O2S.C2H6/c1-13(9-11-24)19-22-18-17(4-3-10-21-18)14(2)23(19)16-7-5-15(12-20)6-8-16;1-19(17,18)7-3-2-4-9-5-6-11(13)10(8-9)12(14,15)16;1-2/h3-8,10-11,13H,2,9H2,1H3;5-6,8H,2-4,7H2,1H3;1-2H3. The Hall–Kier alpha value is -4.37. The fourth-order valence-corrected chi connectivity index (χ4v) is 5.05. The molecular weight excluding hydrogens is 608 g/mol. The number of pyridine rings is 1. The van der Waals surface area contributed by atoms with E-state index in [1.165, 1.54) is 6.07 Å². The summed E-state index contributed by atoms with van der Waals surface area (Å²) in [6.45, 7) is 10.1. The van der Waals surface area contributed by atoms with E-state index in [0.29, 0.717) is 42.6 Å². The number of nitrogens with zero attached hydrogens (tertiary/aromatic N) is 4. The average Bonchev–Trinajstić information content (AvgIpc) is 3.00. The molecule has 0 fully saturated rings. The second-order valence-corrected chi connectivity index (χ2v) is 12.2. The summed E-state index contributed by atoms with van der Waals surface area (Å²) in [5.74, 6) is -0.0408. The SMILES string of the molecule is C=C1c2cccnc2N=C(C(C)CC=O)N1c1ccc(C#N)cc1.CC.CS(=O)(=O)CCCCc1ccc(F)c(C(F)(F)F)c1. The van der Waals surface area contributed by atoms with Gasteiger partial charge in [-0.25, -0.2) is 22.8 Å². The molecule has 2 heterocycles. The molecule has 0 N–H and O–H groups in total. The maximum Gasteiger partial charge on any atom is 0.419 e. The number of aliphatic imine (C=N–C) groups is 1. The first kappa shape index (κ1) is 36.8. The van der Waals surface area contributed by atoms with E-state index in [4.69, 9.17) is 5.26 Å². The summed E-state index contributed by atoms with van der Waals surface area (Å²) in [5, 5.41) is 8.98. The molecule has 4 rings (SSSR count). The van der Waals surface area contributed by atoms with Crippen LogP contribution in [-0.4, -0.2) is 37.5 Å². The number of sulfone groups is 1. The number of unbranched alkanes of at least 4 members (excludes halogenated alkanes) is 1. The van der Waals surface area contributed by atoms with E-state index in [2.05, 4.69) is 22.6 Å². The van der Waals surface area contributed by atoms with E-state index in [1.54, 1.807) is 18.3 Å². The molecule has 45 heavy (non-hydrogen) atoms. The Labute approximate surface area is 261 Å². The average molecular weight is 645 g/mol. The van der Waals surface area contributed by atoms with Crippen LogP contribution in [0.1, 0.15) is 62.3 Å². The zero-order valence-corrected chi connectivity index (χ0v) is 26.4. The van der Waals surface area contributed by atoms with Crippen LogP contribution in [-0.2, 0) is 27.2 Å². The highest BCUT2D eigenvalue weighted by Crippen LogP contribution is 2.37. The molecule has 3 aromatic rings. The number of benzene rings is 2. The van der Waals surface area contributed by atoms with Gasteiger partial charge in [0.1, 0.15) is 27.8 Å². The van der Waals surface area contributed by atoms with Crippen LogP contribution in [0.15, 0.2) is 72.4 Å². The zero-order valence-electron chi connectivity index (χ0n) is 25.6. The first-order valence-electron chi connectivity index (χ1n) is 14.2. The molecule has 240 valence electrons. The highest BCUT2D eigenvalue weighted by Gasteiger charge is 2.34. The molecule has 0 amide bonds. The van der Waals surface area contributed by atoms with Gasteiger partial charge in [-0.1, -0.05) is 33.4 Å². The van der Waals surface area contributed by atoms with Crippen molar-refractivity contribution in [3.05, 3.63) is 95.4 Å². The third-order valence-corrected chi connectivity index (χ3v) is 7.56. The Morgan fingerprint density at radius 1 is 1.09 bits per heavy atom. The van der Waals surface area contributed by atoms with Gasteiger partial charge in [-0.3, -0.25) is 4.90 Å². The summed E-state index contributed by atoms with van der Waals surface area (Å²) in [5.41, 5.74) is 2.11. The maximum atomic E-state index is 13.0. The van der Waals surface area contributed by atoms with Crippen molar-refractivity contribution in [1.82, 2.24) is 4.98 Å². The summed E-state index contributed by atoms with van der Waals surface area (Å²) >= 11 is 0. The summed E-state index contributed by atoms with van der Waals surface area (Å²) in [4.78, 5) is 21.9. The smallest absolute Gasteiger partial charge is 0.303 e. The predicted molar refractivity (Wildman–Crippen MR) is 169 cm³/mol. The van der Waals surface area contributed by atoms with Gasteiger partial charge in [-0.2, -0.15) is 18.4 Å². The second kappa shape index (κ2) is 16.6. The van der Waals surface area contributed by atoms with Crippen LogP contribution in [0.2, 0.25) is 0 Å². The van der Waals surface area contributed by atoms with Crippen LogP contribution in [0.25, 0.3) is 5.70 Å². The van der Waals surface area contributed by atoms with Crippen LogP contribution in [0.3, 0.4) is 0 Å². The molecule has 2 aromatic carbocycles. The molecular formula is C33H36F4N4O3S. The number of alkyl halides is 3. The largest absolute Gasteiger partial charge is 0.419 e. The minimum atomic E-state index is -4.72. The highest BCUT2D eigenvalue weighted by atomic mass is 32.2. The van der Waals surface area contributed by atoms with E-state index in [9.17, 15) is 30.8 Å². The molecule has 0 radical (unpaired) electrons. The molecule has 12 heteroatoms. The zero-order chi connectivity index (χ0) is 33.8. The molecule has 0 aliphatic carbocycles. The van der Waals surface area contributed by atoms with Crippen LogP contribution in [0.5, 0.6) is 0 Å². The number of fused-ring (bicyclic) bond motifs is 1. The van der Waals surface area contributed by atoms with Crippen molar-refractivity contribution < 1.29 is 30.8 Å². The number of hydrogen-bond donors (Lipinski definition) is 0. The number of aldehydes is 1. The van der Waals surface area contributed by atoms with E-state index in [-0.39, 0.29) is 11.7 Å². The first-order valence-corrected chi connectivity index (χ1v) is 16.3. The minimum Gasteiger partial charge on any atom is -0.303 e. The van der Waals surface area contributed by atoms with Crippen LogP contribution in [0, 0.1) is 23.1 Å². The number of aryl methyl sites for hydroxylation is 1. The van der Waals surface area contributed by atoms with Crippen LogP contribution < -0.4 is 4.90 Å². The van der Waals surface area contributed by atoms with Gasteiger partial charge in [0.25, 0.3) is 0 Å². The molecule has 0 saturated carbocycles. The molecule has 1 aliphatic rings. The Morgan fingerprint density at radius 3 is 2.33 bits per heavy atom. The van der Waals surface area contributed by atoms with Crippen LogP contribution in [0.4, 0.5) is 29.1 Å². The van der Waals surface area contributed by atoms with Crippen molar-refractivity contribution in [1.29, 1.82) is 5.26 Å². The normalized spacial score (nSPS) is 13.2. The second-order valence-electron chi connectivity index (χ2n) is 9.99. The lowest BCUT2D eigenvalue weighted by atomic mass is 10.0. The third-order valence-electron chi connectivity index (χ3n) is 6.53. The summed E-state index contributed by atoms with van der Waals surface area (Å²) in [7, 11) is -3.06. The number of carbonyl (C=O) groups excluding carboxylic acids is 1. The van der Waals surface area contributed by atoms with E-state index >= 15 is 0 Å². The summed E-state index contributed by atoms with van der Waals surface area (Å²) in [6, 6.07) is 15.9. The quantitative estimate of drug-likeness (QED) is 0.133. The first-order chi connectivity index (χ1) is 21.2. The van der Waals surface area contributed by atoms with Crippen LogP contribution >= 0.6 is 0 Å². The number of hydrogen-bond acceptors (Lipinski definition) is 7. The number of aromatic nitrogens is 1. The number of rotatable bonds is 9. The van der Waals surface area contributed by atoms with Crippen molar-refractivity contribution in [2.75, 3.05) is 16.9 Å². The lowest BCUT2D eigenvalue weighted by Gasteiger charge is -2.34. The molecule has 0 saturated heterocycles. The molecule has 0 spiro atoms. The number of amidine groups is 1. The van der Waals surface area contributed by atoms with Gasteiger partial charge in [0.15, 0.2) is 5.82 Å². The Kier molecular flexibility index (Phi) is 13.6. The van der Waals surface area contributed by atoms with Gasteiger partial charge in [0.05, 0.1) is 22.9 Å². The van der Waals surface area contributed by atoms with Gasteiger partial charge in [-0.15, -0.1) is 0 Å². The fraction of sp³-hybridized carbons (Fsp3) is 0.333. The van der Waals surface area contributed by atoms with E-state index in [0.717, 1.165) is 47.5 Å². The van der Waals surface area contributed by atoms with Crippen molar-refractivity contribution in [2.45, 2.75) is 52.6 Å².